The minimum Gasteiger partial charge on any atom is -0.477 e. The van der Waals surface area contributed by atoms with Gasteiger partial charge in [-0.05, 0) is 74.5 Å². The highest BCUT2D eigenvalue weighted by atomic mass is 35.5. The number of hydrogen-bond donors (Lipinski definition) is 3. The number of β-lactam (4-membered cyclic amide) rings is 1. The van der Waals surface area contributed by atoms with E-state index in [4.69, 9.17) is 20.9 Å². The van der Waals surface area contributed by atoms with Crippen LogP contribution in [-0.2, 0) is 30.4 Å². The van der Waals surface area contributed by atoms with Gasteiger partial charge in [0.1, 0.15) is 23.8 Å². The molecule has 296 valence electrons. The molecule has 2 aliphatic carbocycles. The first-order valence-electron chi connectivity index (χ1n) is 17.3. The number of aliphatic carboxylic acids is 1. The molecule has 0 radical (unpaired) electrons. The molecule has 0 bridgehead atoms. The third kappa shape index (κ3) is 12.1. The van der Waals surface area contributed by atoms with Crippen molar-refractivity contribution in [3.63, 3.8) is 0 Å². The molecule has 3 atom stereocenters. The zero-order valence-corrected chi connectivity index (χ0v) is 33.9. The number of anilines is 1. The van der Waals surface area contributed by atoms with Crippen molar-refractivity contribution in [2.24, 2.45) is 11.7 Å². The van der Waals surface area contributed by atoms with Crippen LogP contribution >= 0.6 is 59.7 Å². The van der Waals surface area contributed by atoms with Crippen molar-refractivity contribution in [3.05, 3.63) is 22.3 Å². The number of carboxylic acids is 1. The van der Waals surface area contributed by atoms with Gasteiger partial charge in [0.15, 0.2) is 5.13 Å². The predicted octanol–water partition coefficient (Wildman–Crippen LogP) is 4.54. The third-order valence-corrected chi connectivity index (χ3v) is 12.4. The summed E-state index contributed by atoms with van der Waals surface area (Å²) in [7, 11) is 3.95. The molecule has 2 unspecified atom stereocenters. The first kappa shape index (κ1) is 44.6. The Morgan fingerprint density at radius 1 is 1.09 bits per heavy atom. The number of nitrogens with zero attached hydrogens (tertiary/aromatic N) is 7. The van der Waals surface area contributed by atoms with E-state index in [-0.39, 0.29) is 53.8 Å². The Kier molecular flexibility index (Phi) is 17.9. The number of aromatic nitrogens is 5. The number of nitrogen functional groups attached to an aromatic ring is 1. The Labute approximate surface area is 333 Å². The number of carboxylic acid groups (broad SMARTS) is 1. The molecule has 4 aliphatic rings. The Morgan fingerprint density at radius 2 is 1.77 bits per heavy atom. The number of likely N-dealkylation sites (N-methyl/N-ethyl adjacent to an activating group) is 1. The molecule has 0 aromatic carbocycles. The number of tetrazole rings is 1. The Morgan fingerprint density at radius 3 is 2.36 bits per heavy atom. The number of nitrogens with two attached hydrogens (primary N) is 2. The number of fused-ring (bicyclic) bond motifs is 1. The van der Waals surface area contributed by atoms with E-state index < -0.39 is 30.1 Å². The van der Waals surface area contributed by atoms with Crippen LogP contribution in [0.1, 0.15) is 82.2 Å². The lowest BCUT2D eigenvalue weighted by Gasteiger charge is -2.43. The smallest absolute Gasteiger partial charge is 0.477 e. The van der Waals surface area contributed by atoms with Crippen LogP contribution < -0.4 is 11.5 Å². The minimum absolute atomic E-state index is 0. The van der Waals surface area contributed by atoms with Crippen LogP contribution in [0.3, 0.4) is 0 Å². The van der Waals surface area contributed by atoms with E-state index in [1.54, 1.807) is 21.8 Å². The lowest BCUT2D eigenvalue weighted by atomic mass is 9.79. The first-order valence-corrected chi connectivity index (χ1v) is 20.2. The normalized spacial score (nSPS) is 20.1. The van der Waals surface area contributed by atoms with Gasteiger partial charge in [-0.1, -0.05) is 37.4 Å². The molecule has 4 heterocycles. The lowest BCUT2D eigenvalue weighted by Crippen LogP contribution is -2.54. The average Bonchev–Trinajstić information content (AvgIpc) is 3.74. The van der Waals surface area contributed by atoms with Crippen LogP contribution in [0.2, 0.25) is 0 Å². The molecule has 6 rings (SSSR count). The van der Waals surface area contributed by atoms with Crippen molar-refractivity contribution in [2.45, 2.75) is 106 Å². The zero-order valence-electron chi connectivity index (χ0n) is 29.8. The summed E-state index contributed by atoms with van der Waals surface area (Å²) in [5.41, 5.74) is 12.8. The summed E-state index contributed by atoms with van der Waals surface area (Å²) in [6.07, 6.45) is 9.02. The number of halogens is 2. The molecule has 5 N–H and O–H groups in total. The van der Waals surface area contributed by atoms with Gasteiger partial charge in [0.05, 0.1) is 24.0 Å². The molecular formula is C32H49Cl2N9O7S3. The van der Waals surface area contributed by atoms with Crippen molar-refractivity contribution < 1.29 is 33.8 Å². The summed E-state index contributed by atoms with van der Waals surface area (Å²) in [6, 6.07) is 0. The van der Waals surface area contributed by atoms with E-state index in [1.807, 2.05) is 19.0 Å². The minimum atomic E-state index is -1.05. The summed E-state index contributed by atoms with van der Waals surface area (Å²) in [5, 5.41) is 23.8. The third-order valence-electron chi connectivity index (χ3n) is 9.42. The topological polar surface area (TPSA) is 222 Å². The number of carbonyl (C=O) groups excluding carboxylic acids is 3. The molecule has 53 heavy (non-hydrogen) atoms. The monoisotopic (exact) mass is 837 g/mol. The van der Waals surface area contributed by atoms with Gasteiger partial charge in [-0.2, -0.15) is 0 Å². The van der Waals surface area contributed by atoms with Gasteiger partial charge in [-0.3, -0.25) is 14.5 Å². The zero-order chi connectivity index (χ0) is 36.5. The van der Waals surface area contributed by atoms with Crippen LogP contribution in [0.5, 0.6) is 0 Å². The second-order valence-corrected chi connectivity index (χ2v) is 16.4. The number of amides is 2. The molecule has 3 fully saturated rings. The van der Waals surface area contributed by atoms with Crippen molar-refractivity contribution in [1.29, 1.82) is 0 Å². The van der Waals surface area contributed by atoms with Gasteiger partial charge in [0, 0.05) is 23.4 Å². The molecule has 21 heteroatoms. The van der Waals surface area contributed by atoms with E-state index in [1.165, 1.54) is 34.4 Å². The maximum Gasteiger partial charge on any atom is 0.508 e. The molecule has 1 saturated heterocycles. The standard InChI is InChI=1S/C19H29N3O4S.C13H18N6O3S2.2ClH/c20-17(23)15(14-11-27-18(21)22-14)16(12-7-3-1-4-8-12)26-19(24)25-13-9-5-2-6-10-13;1-17(2)3-4-18-13(14-15-16-18)24-7-8-6-23-10-5-9(20)19(10)11(8)12(21)22;;/h11-13,15-16H,1-10H2,(H2,20,23)(H2,21,22);10H,3-7H2,1-2H3,(H,21,22);2*1H/t;10-;;/m.0../s1. The summed E-state index contributed by atoms with van der Waals surface area (Å²) in [5.74, 6) is -1.39. The highest BCUT2D eigenvalue weighted by Crippen LogP contribution is 2.41. The van der Waals surface area contributed by atoms with Crippen molar-refractivity contribution >= 4 is 88.7 Å². The number of thiazole rings is 1. The number of primary amides is 1. The van der Waals surface area contributed by atoms with E-state index in [2.05, 4.69) is 20.5 Å². The van der Waals surface area contributed by atoms with Gasteiger partial charge in [-0.15, -0.1) is 53.0 Å². The van der Waals surface area contributed by atoms with Crippen LogP contribution in [0.25, 0.3) is 0 Å². The second-order valence-electron chi connectivity index (χ2n) is 13.4. The number of hydrogen-bond acceptors (Lipinski definition) is 15. The largest absolute Gasteiger partial charge is 0.508 e. The molecule has 2 aliphatic heterocycles. The first-order chi connectivity index (χ1) is 24.5. The maximum absolute atomic E-state index is 12.5. The number of carbonyl (C=O) groups is 4. The fraction of sp³-hybridized carbons (Fsp3) is 0.688. The van der Waals surface area contributed by atoms with Crippen molar-refractivity contribution in [2.75, 3.05) is 37.9 Å². The van der Waals surface area contributed by atoms with Gasteiger partial charge >= 0.3 is 12.1 Å². The number of ether oxygens (including phenoxy) is 2. The molecule has 2 saturated carbocycles. The van der Waals surface area contributed by atoms with E-state index >= 15 is 0 Å². The second kappa shape index (κ2) is 21.3. The molecule has 2 aromatic rings. The molecule has 16 nitrogen and oxygen atoms in total. The summed E-state index contributed by atoms with van der Waals surface area (Å²) >= 11 is 4.25. The summed E-state index contributed by atoms with van der Waals surface area (Å²) in [6.45, 7) is 1.47. The van der Waals surface area contributed by atoms with Gasteiger partial charge in [0.25, 0.3) is 0 Å². The Balaban J connectivity index is 0.000000277. The lowest BCUT2D eigenvalue weighted by molar-refractivity contribution is -0.146. The Hall–Kier alpha value is -2.84. The highest BCUT2D eigenvalue weighted by molar-refractivity contribution is 8.00. The maximum atomic E-state index is 12.5. The molecular weight excluding hydrogens is 790 g/mol. The van der Waals surface area contributed by atoms with Gasteiger partial charge in [0.2, 0.25) is 17.0 Å². The van der Waals surface area contributed by atoms with Crippen LogP contribution in [0, 0.1) is 5.92 Å². The van der Waals surface area contributed by atoms with Crippen molar-refractivity contribution in [1.82, 2.24) is 35.0 Å². The van der Waals surface area contributed by atoms with Gasteiger partial charge < -0.3 is 30.9 Å². The fourth-order valence-electron chi connectivity index (χ4n) is 6.75. The Bertz CT molecular complexity index is 1570. The van der Waals surface area contributed by atoms with Crippen LogP contribution in [0.4, 0.5) is 9.93 Å². The number of rotatable bonds is 13. The number of thioether (sulfide) groups is 2. The molecule has 0 spiro atoms. The molecule has 2 aromatic heterocycles. The fourth-order valence-corrected chi connectivity index (χ4v) is 9.66. The van der Waals surface area contributed by atoms with Crippen molar-refractivity contribution in [3.8, 4) is 0 Å². The van der Waals surface area contributed by atoms with Crippen LogP contribution in [-0.4, -0.2) is 114 Å². The molecule has 2 amide bonds. The highest BCUT2D eigenvalue weighted by Gasteiger charge is 2.45. The predicted molar refractivity (Wildman–Crippen MR) is 207 cm³/mol. The quantitative estimate of drug-likeness (QED) is 0.143. The van der Waals surface area contributed by atoms with E-state index in [0.717, 1.165) is 69.9 Å². The van der Waals surface area contributed by atoms with E-state index in [9.17, 15) is 24.3 Å². The van der Waals surface area contributed by atoms with E-state index in [0.29, 0.717) is 40.5 Å². The summed E-state index contributed by atoms with van der Waals surface area (Å²) < 4.78 is 13.0. The average molecular weight is 839 g/mol. The SMILES string of the molecule is CN(C)CCn1nnnc1SCC1=C(C(=O)O)N2C(=O)C[C@@H]2SC1.Cl.Cl.NC(=O)C(c1csc(N)n1)C(OC(=O)OC1CCCCC1)C1CCCCC1. The van der Waals surface area contributed by atoms with Gasteiger partial charge in [-0.25, -0.2) is 19.3 Å². The van der Waals surface area contributed by atoms with Crippen LogP contribution in [0.15, 0.2) is 21.8 Å². The summed E-state index contributed by atoms with van der Waals surface area (Å²) in [4.78, 5) is 55.8.